The van der Waals surface area contributed by atoms with Crippen molar-refractivity contribution in [2.45, 2.75) is 12.8 Å². The van der Waals surface area contributed by atoms with Gasteiger partial charge >= 0.3 is 0 Å². The van der Waals surface area contributed by atoms with E-state index in [9.17, 15) is 0 Å². The summed E-state index contributed by atoms with van der Waals surface area (Å²) in [5.41, 5.74) is 2.09. The Bertz CT molecular complexity index is 231. The summed E-state index contributed by atoms with van der Waals surface area (Å²) in [6, 6.07) is 5.86. The Morgan fingerprint density at radius 1 is 1.40 bits per heavy atom. The molecule has 1 rings (SSSR count). The third-order valence-corrected chi connectivity index (χ3v) is 2.24. The van der Waals surface area contributed by atoms with Gasteiger partial charge in [0, 0.05) is 10.9 Å². The molecule has 1 aromatic carbocycles. The normalized spacial score (nSPS) is 9.90. The third-order valence-electron chi connectivity index (χ3n) is 1.42. The molecule has 2 heteroatoms. The second-order valence-electron chi connectivity index (χ2n) is 2.18. The van der Waals surface area contributed by atoms with E-state index in [0.717, 1.165) is 16.1 Å². The van der Waals surface area contributed by atoms with Crippen LogP contribution in [0.25, 0.3) is 0 Å². The SMILES string of the molecule is Cc1cccc(CCl)c1Cl. The highest BCUT2D eigenvalue weighted by Crippen LogP contribution is 2.21. The van der Waals surface area contributed by atoms with Gasteiger partial charge in [-0.15, -0.1) is 11.6 Å². The Labute approximate surface area is 70.8 Å². The smallest absolute Gasteiger partial charge is 0.0488 e. The molecule has 1 aromatic rings. The van der Waals surface area contributed by atoms with E-state index < -0.39 is 0 Å². The predicted octanol–water partition coefficient (Wildman–Crippen LogP) is 3.39. The lowest BCUT2D eigenvalue weighted by molar-refractivity contribution is 1.35. The zero-order valence-corrected chi connectivity index (χ0v) is 7.21. The minimum Gasteiger partial charge on any atom is -0.121 e. The Balaban J connectivity index is 3.14. The number of alkyl halides is 1. The quantitative estimate of drug-likeness (QED) is 0.574. The van der Waals surface area contributed by atoms with E-state index in [-0.39, 0.29) is 0 Å². The molecule has 0 aromatic heterocycles. The van der Waals surface area contributed by atoms with Gasteiger partial charge in [-0.2, -0.15) is 0 Å². The Hall–Kier alpha value is -0.200. The summed E-state index contributed by atoms with van der Waals surface area (Å²) in [5.74, 6) is 0.487. The van der Waals surface area contributed by atoms with Crippen molar-refractivity contribution in [1.82, 2.24) is 0 Å². The molecule has 0 saturated carbocycles. The molecule has 0 unspecified atom stereocenters. The molecule has 0 aliphatic heterocycles. The zero-order valence-electron chi connectivity index (χ0n) is 5.70. The topological polar surface area (TPSA) is 0 Å². The van der Waals surface area contributed by atoms with E-state index in [4.69, 9.17) is 23.2 Å². The van der Waals surface area contributed by atoms with Crippen LogP contribution in [0, 0.1) is 6.92 Å². The van der Waals surface area contributed by atoms with Crippen molar-refractivity contribution in [2.75, 3.05) is 0 Å². The van der Waals surface area contributed by atoms with Crippen LogP contribution >= 0.6 is 23.2 Å². The molecule has 0 aliphatic rings. The monoisotopic (exact) mass is 174 g/mol. The first-order valence-electron chi connectivity index (χ1n) is 3.05. The maximum Gasteiger partial charge on any atom is 0.0488 e. The van der Waals surface area contributed by atoms with Crippen LogP contribution in [0.2, 0.25) is 5.02 Å². The van der Waals surface area contributed by atoms with Gasteiger partial charge in [-0.25, -0.2) is 0 Å². The molecule has 0 nitrogen and oxygen atoms in total. The molecule has 0 N–H and O–H groups in total. The third kappa shape index (κ3) is 1.44. The average molecular weight is 175 g/mol. The van der Waals surface area contributed by atoms with Crippen molar-refractivity contribution in [3.05, 3.63) is 34.3 Å². The first-order valence-corrected chi connectivity index (χ1v) is 3.97. The number of hydrogen-bond acceptors (Lipinski definition) is 0. The van der Waals surface area contributed by atoms with Crippen molar-refractivity contribution < 1.29 is 0 Å². The van der Waals surface area contributed by atoms with Crippen LogP contribution in [-0.4, -0.2) is 0 Å². The number of aryl methyl sites for hydroxylation is 1. The lowest BCUT2D eigenvalue weighted by Crippen LogP contribution is -1.82. The van der Waals surface area contributed by atoms with Crippen LogP contribution in [0.15, 0.2) is 18.2 Å². The lowest BCUT2D eigenvalue weighted by Gasteiger charge is -2.00. The van der Waals surface area contributed by atoms with Gasteiger partial charge in [0.25, 0.3) is 0 Å². The molecule has 0 spiro atoms. The van der Waals surface area contributed by atoms with E-state index >= 15 is 0 Å². The fourth-order valence-corrected chi connectivity index (χ4v) is 1.30. The summed E-state index contributed by atoms with van der Waals surface area (Å²) in [6.07, 6.45) is 0. The minimum atomic E-state index is 0.487. The molecule has 0 saturated heterocycles. The van der Waals surface area contributed by atoms with Crippen molar-refractivity contribution in [1.29, 1.82) is 0 Å². The van der Waals surface area contributed by atoms with Gasteiger partial charge in [-0.3, -0.25) is 0 Å². The first kappa shape index (κ1) is 7.90. The van der Waals surface area contributed by atoms with Gasteiger partial charge in [-0.1, -0.05) is 29.8 Å². The van der Waals surface area contributed by atoms with Gasteiger partial charge in [0.1, 0.15) is 0 Å². The maximum absolute atomic E-state index is 5.91. The van der Waals surface area contributed by atoms with Gasteiger partial charge in [0.15, 0.2) is 0 Å². The first-order chi connectivity index (χ1) is 4.75. The van der Waals surface area contributed by atoms with E-state index in [2.05, 4.69) is 0 Å². The molecule has 0 bridgehead atoms. The van der Waals surface area contributed by atoms with Crippen LogP contribution < -0.4 is 0 Å². The van der Waals surface area contributed by atoms with Crippen molar-refractivity contribution in [3.63, 3.8) is 0 Å². The molecular formula is C8H8Cl2. The van der Waals surface area contributed by atoms with E-state index in [1.54, 1.807) is 0 Å². The summed E-state index contributed by atoms with van der Waals surface area (Å²) in [4.78, 5) is 0. The Morgan fingerprint density at radius 2 is 2.10 bits per heavy atom. The summed E-state index contributed by atoms with van der Waals surface area (Å²) in [7, 11) is 0. The average Bonchev–Trinajstić information content (AvgIpc) is 1.95. The van der Waals surface area contributed by atoms with E-state index in [1.807, 2.05) is 25.1 Å². The molecule has 0 aliphatic carbocycles. The molecule has 0 amide bonds. The number of rotatable bonds is 1. The van der Waals surface area contributed by atoms with E-state index in [1.165, 1.54) is 0 Å². The van der Waals surface area contributed by atoms with Crippen LogP contribution in [0.1, 0.15) is 11.1 Å². The van der Waals surface area contributed by atoms with Gasteiger partial charge in [0.05, 0.1) is 0 Å². The zero-order chi connectivity index (χ0) is 7.56. The molecule has 10 heavy (non-hydrogen) atoms. The second-order valence-corrected chi connectivity index (χ2v) is 2.83. The molecule has 0 heterocycles. The summed E-state index contributed by atoms with van der Waals surface area (Å²) in [5, 5.41) is 0.789. The van der Waals surface area contributed by atoms with Gasteiger partial charge in [0.2, 0.25) is 0 Å². The molecule has 0 radical (unpaired) electrons. The highest BCUT2D eigenvalue weighted by molar-refractivity contribution is 6.32. The summed E-state index contributed by atoms with van der Waals surface area (Å²) < 4.78 is 0. The van der Waals surface area contributed by atoms with Gasteiger partial charge < -0.3 is 0 Å². The molecule has 54 valence electrons. The van der Waals surface area contributed by atoms with Crippen molar-refractivity contribution in [3.8, 4) is 0 Å². The Morgan fingerprint density at radius 3 is 2.60 bits per heavy atom. The number of halogens is 2. The van der Waals surface area contributed by atoms with Crippen molar-refractivity contribution in [2.24, 2.45) is 0 Å². The summed E-state index contributed by atoms with van der Waals surface area (Å²) >= 11 is 11.5. The fraction of sp³-hybridized carbons (Fsp3) is 0.250. The van der Waals surface area contributed by atoms with Crippen LogP contribution in [0.4, 0.5) is 0 Å². The lowest BCUT2D eigenvalue weighted by atomic mass is 10.2. The van der Waals surface area contributed by atoms with Crippen LogP contribution in [-0.2, 0) is 5.88 Å². The molecule has 0 fully saturated rings. The van der Waals surface area contributed by atoms with E-state index in [0.29, 0.717) is 5.88 Å². The highest BCUT2D eigenvalue weighted by Gasteiger charge is 1.99. The number of benzene rings is 1. The molecule has 0 atom stereocenters. The second kappa shape index (κ2) is 3.27. The van der Waals surface area contributed by atoms with Crippen LogP contribution in [0.5, 0.6) is 0 Å². The number of hydrogen-bond donors (Lipinski definition) is 0. The predicted molar refractivity (Wildman–Crippen MR) is 45.7 cm³/mol. The standard InChI is InChI=1S/C8H8Cl2/c1-6-3-2-4-7(5-9)8(6)10/h2-4H,5H2,1H3. The Kier molecular flexibility index (Phi) is 2.58. The maximum atomic E-state index is 5.91. The minimum absolute atomic E-state index is 0.487. The van der Waals surface area contributed by atoms with Gasteiger partial charge in [-0.05, 0) is 18.1 Å². The highest BCUT2D eigenvalue weighted by atomic mass is 35.5. The summed E-state index contributed by atoms with van der Waals surface area (Å²) in [6.45, 7) is 1.97. The van der Waals surface area contributed by atoms with Crippen LogP contribution in [0.3, 0.4) is 0 Å². The largest absolute Gasteiger partial charge is 0.121 e. The fourth-order valence-electron chi connectivity index (χ4n) is 0.811. The van der Waals surface area contributed by atoms with Crippen molar-refractivity contribution >= 4 is 23.2 Å². The molecular weight excluding hydrogens is 167 g/mol.